The lowest BCUT2D eigenvalue weighted by Gasteiger charge is -2.24. The number of benzene rings is 1. The van der Waals surface area contributed by atoms with E-state index in [1.807, 2.05) is 25.1 Å². The molecule has 1 heterocycles. The van der Waals surface area contributed by atoms with Gasteiger partial charge in [-0.3, -0.25) is 0 Å². The molecule has 0 bridgehead atoms. The first-order valence-electron chi connectivity index (χ1n) is 5.47. The summed E-state index contributed by atoms with van der Waals surface area (Å²) in [7, 11) is 0. The van der Waals surface area contributed by atoms with E-state index in [4.69, 9.17) is 5.73 Å². The van der Waals surface area contributed by atoms with Gasteiger partial charge in [0.05, 0.1) is 11.4 Å². The minimum atomic E-state index is 0.250. The Morgan fingerprint density at radius 2 is 2.19 bits per heavy atom. The minimum Gasteiger partial charge on any atom is -0.405 e. The van der Waals surface area contributed by atoms with E-state index in [1.54, 1.807) is 6.20 Å². The van der Waals surface area contributed by atoms with E-state index < -0.39 is 0 Å². The van der Waals surface area contributed by atoms with Crippen LogP contribution >= 0.6 is 0 Å². The maximum atomic E-state index is 5.47. The molecule has 3 heteroatoms. The predicted octanol–water partition coefficient (Wildman–Crippen LogP) is 2.64. The van der Waals surface area contributed by atoms with Gasteiger partial charge in [0.25, 0.3) is 0 Å². The van der Waals surface area contributed by atoms with Crippen LogP contribution in [0.25, 0.3) is 0 Å². The smallest absolute Gasteiger partial charge is 0.101 e. The first kappa shape index (κ1) is 10.6. The number of rotatable bonds is 2. The number of nitrogens with two attached hydrogens (primary N) is 1. The van der Waals surface area contributed by atoms with Crippen LogP contribution in [0, 0.1) is 0 Å². The van der Waals surface area contributed by atoms with Crippen LogP contribution in [0.1, 0.15) is 13.8 Å². The molecule has 1 aromatic carbocycles. The molecule has 0 radical (unpaired) electrons. The number of hydrogen-bond donors (Lipinski definition) is 2. The van der Waals surface area contributed by atoms with Gasteiger partial charge >= 0.3 is 0 Å². The van der Waals surface area contributed by atoms with E-state index in [2.05, 4.69) is 35.3 Å². The van der Waals surface area contributed by atoms with Crippen LogP contribution in [-0.2, 0) is 0 Å². The second-order valence-electron chi connectivity index (χ2n) is 3.78. The quantitative estimate of drug-likeness (QED) is 0.745. The first-order chi connectivity index (χ1) is 7.77. The molecule has 0 fully saturated rings. The maximum absolute atomic E-state index is 5.47. The summed E-state index contributed by atoms with van der Waals surface area (Å²) < 4.78 is 0. The summed E-state index contributed by atoms with van der Waals surface area (Å²) in [5.74, 6) is 0. The lowest BCUT2D eigenvalue weighted by Crippen LogP contribution is -2.31. The average Bonchev–Trinajstić information content (AvgIpc) is 2.62. The highest BCUT2D eigenvalue weighted by atomic mass is 15.3. The molecule has 1 atom stereocenters. The molecule has 0 amide bonds. The molecule has 0 aliphatic carbocycles. The van der Waals surface area contributed by atoms with Gasteiger partial charge in [0.2, 0.25) is 0 Å². The van der Waals surface area contributed by atoms with Crippen molar-refractivity contribution >= 4 is 11.4 Å². The average molecular weight is 215 g/mol. The summed E-state index contributed by atoms with van der Waals surface area (Å²) >= 11 is 0. The van der Waals surface area contributed by atoms with Crippen molar-refractivity contribution in [2.75, 3.05) is 10.2 Å². The summed E-state index contributed by atoms with van der Waals surface area (Å²) in [6.45, 7) is 4.15. The monoisotopic (exact) mass is 215 g/mol. The number of anilines is 2. The number of hydrogen-bond acceptors (Lipinski definition) is 3. The zero-order chi connectivity index (χ0) is 11.5. The Balaban J connectivity index is 2.42. The highest BCUT2D eigenvalue weighted by molar-refractivity contribution is 5.78. The van der Waals surface area contributed by atoms with Gasteiger partial charge in [0.15, 0.2) is 0 Å². The Bertz CT molecular complexity index is 435. The fourth-order valence-corrected chi connectivity index (χ4v) is 2.08. The van der Waals surface area contributed by atoms with Crippen molar-refractivity contribution in [2.45, 2.75) is 20.0 Å². The molecule has 0 saturated heterocycles. The van der Waals surface area contributed by atoms with Crippen molar-refractivity contribution in [1.29, 1.82) is 0 Å². The highest BCUT2D eigenvalue weighted by Crippen LogP contribution is 2.36. The molecule has 3 nitrogen and oxygen atoms in total. The van der Waals surface area contributed by atoms with Crippen LogP contribution in [0.3, 0.4) is 0 Å². The number of fused-ring (bicyclic) bond motifs is 1. The Morgan fingerprint density at radius 1 is 1.44 bits per heavy atom. The minimum absolute atomic E-state index is 0.250. The van der Waals surface area contributed by atoms with Crippen molar-refractivity contribution in [3.05, 3.63) is 48.3 Å². The third kappa shape index (κ3) is 1.65. The van der Waals surface area contributed by atoms with E-state index in [1.165, 1.54) is 11.4 Å². The lowest BCUT2D eigenvalue weighted by atomic mass is 10.2. The van der Waals surface area contributed by atoms with Crippen molar-refractivity contribution in [2.24, 2.45) is 5.73 Å². The fourth-order valence-electron chi connectivity index (χ4n) is 2.08. The van der Waals surface area contributed by atoms with Crippen LogP contribution in [-0.4, -0.2) is 6.17 Å². The molecule has 0 spiro atoms. The molecule has 1 aromatic rings. The summed E-state index contributed by atoms with van der Waals surface area (Å²) in [5, 5.41) is 3.43. The van der Waals surface area contributed by atoms with Gasteiger partial charge in [-0.15, -0.1) is 0 Å². The van der Waals surface area contributed by atoms with Gasteiger partial charge in [0.1, 0.15) is 6.17 Å². The summed E-state index contributed by atoms with van der Waals surface area (Å²) in [6.07, 6.45) is 5.80. The Morgan fingerprint density at radius 3 is 2.88 bits per heavy atom. The molecular weight excluding hydrogens is 198 g/mol. The van der Waals surface area contributed by atoms with Crippen LogP contribution < -0.4 is 16.0 Å². The zero-order valence-electron chi connectivity index (χ0n) is 9.64. The third-order valence-electron chi connectivity index (χ3n) is 2.76. The zero-order valence-corrected chi connectivity index (χ0v) is 9.64. The van der Waals surface area contributed by atoms with Gasteiger partial charge in [0, 0.05) is 5.70 Å². The molecule has 1 aliphatic heterocycles. The second-order valence-corrected chi connectivity index (χ2v) is 3.78. The van der Waals surface area contributed by atoms with E-state index in [0.717, 1.165) is 5.70 Å². The Labute approximate surface area is 96.3 Å². The van der Waals surface area contributed by atoms with Crippen molar-refractivity contribution in [3.63, 3.8) is 0 Å². The van der Waals surface area contributed by atoms with Crippen molar-refractivity contribution in [3.8, 4) is 0 Å². The van der Waals surface area contributed by atoms with Gasteiger partial charge in [-0.05, 0) is 38.3 Å². The molecule has 16 heavy (non-hydrogen) atoms. The van der Waals surface area contributed by atoms with E-state index in [-0.39, 0.29) is 6.17 Å². The molecular formula is C13H17N3. The standard InChI is InChI=1S/C13H17N3/c1-3-11(8-9-14)16-10(2)15-12-6-4-5-7-13(12)16/h3-10,15H,14H2,1-2H3/b9-8-,11-3+. The topological polar surface area (TPSA) is 41.3 Å². The first-order valence-corrected chi connectivity index (χ1v) is 5.47. The van der Waals surface area contributed by atoms with Crippen LogP contribution in [0.2, 0.25) is 0 Å². The molecule has 1 unspecified atom stereocenters. The number of nitrogens with one attached hydrogen (secondary N) is 1. The number of para-hydroxylation sites is 2. The predicted molar refractivity (Wildman–Crippen MR) is 69.1 cm³/mol. The third-order valence-corrected chi connectivity index (χ3v) is 2.76. The van der Waals surface area contributed by atoms with Gasteiger partial charge in [-0.25, -0.2) is 0 Å². The molecule has 1 aliphatic rings. The molecule has 3 N–H and O–H groups in total. The molecule has 0 saturated carbocycles. The lowest BCUT2D eigenvalue weighted by molar-refractivity contribution is 0.814. The van der Waals surface area contributed by atoms with E-state index in [0.29, 0.717) is 0 Å². The summed E-state index contributed by atoms with van der Waals surface area (Å²) in [5.41, 5.74) is 8.94. The normalized spacial score (nSPS) is 20.0. The second kappa shape index (κ2) is 4.31. The summed E-state index contributed by atoms with van der Waals surface area (Å²) in [6, 6.07) is 8.28. The van der Waals surface area contributed by atoms with Crippen LogP contribution in [0.15, 0.2) is 48.3 Å². The highest BCUT2D eigenvalue weighted by Gasteiger charge is 2.25. The SMILES string of the molecule is C/C=C(\C=C/N)N1c2ccccc2NC1C. The van der Waals surface area contributed by atoms with Gasteiger partial charge in [-0.1, -0.05) is 18.2 Å². The van der Waals surface area contributed by atoms with E-state index in [9.17, 15) is 0 Å². The van der Waals surface area contributed by atoms with Gasteiger partial charge < -0.3 is 16.0 Å². The maximum Gasteiger partial charge on any atom is 0.101 e. The number of allylic oxidation sites excluding steroid dienone is 2. The fraction of sp³-hybridized carbons (Fsp3) is 0.231. The largest absolute Gasteiger partial charge is 0.405 e. The molecule has 84 valence electrons. The van der Waals surface area contributed by atoms with Gasteiger partial charge in [-0.2, -0.15) is 0 Å². The molecule has 2 rings (SSSR count). The summed E-state index contributed by atoms with van der Waals surface area (Å²) in [4.78, 5) is 2.23. The van der Waals surface area contributed by atoms with Crippen molar-refractivity contribution < 1.29 is 0 Å². The number of nitrogens with zero attached hydrogens (tertiary/aromatic N) is 1. The van der Waals surface area contributed by atoms with E-state index >= 15 is 0 Å². The Hall–Kier alpha value is -1.90. The molecule has 0 aromatic heterocycles. The van der Waals surface area contributed by atoms with Crippen LogP contribution in [0.5, 0.6) is 0 Å². The van der Waals surface area contributed by atoms with Crippen LogP contribution in [0.4, 0.5) is 11.4 Å². The Kier molecular flexibility index (Phi) is 2.86. The van der Waals surface area contributed by atoms with Crippen molar-refractivity contribution in [1.82, 2.24) is 0 Å².